The lowest BCUT2D eigenvalue weighted by Crippen LogP contribution is -2.46. The predicted octanol–water partition coefficient (Wildman–Crippen LogP) is 1.51. The first kappa shape index (κ1) is 12.1. The van der Waals surface area contributed by atoms with Gasteiger partial charge in [-0.15, -0.1) is 0 Å². The average Bonchev–Trinajstić information content (AvgIpc) is 3.13. The van der Waals surface area contributed by atoms with Gasteiger partial charge in [0.1, 0.15) is 0 Å². The standard InChI is InChI=1S/C13H22N4O/c1-2-9-7-17(6-5-11(9)14)8-12-15-13(16-18-12)10-3-4-10/h9-11H,2-8,14H2,1H3. The van der Waals surface area contributed by atoms with Crippen molar-refractivity contribution in [2.75, 3.05) is 13.1 Å². The molecule has 0 amide bonds. The predicted molar refractivity (Wildman–Crippen MR) is 67.9 cm³/mol. The summed E-state index contributed by atoms with van der Waals surface area (Å²) < 4.78 is 5.33. The van der Waals surface area contributed by atoms with E-state index in [1.807, 2.05) is 0 Å². The highest BCUT2D eigenvalue weighted by molar-refractivity contribution is 5.03. The number of hydrogen-bond donors (Lipinski definition) is 1. The Hall–Kier alpha value is -0.940. The van der Waals surface area contributed by atoms with Crippen LogP contribution in [0, 0.1) is 5.92 Å². The molecule has 5 heteroatoms. The van der Waals surface area contributed by atoms with Crippen molar-refractivity contribution >= 4 is 0 Å². The van der Waals surface area contributed by atoms with Crippen molar-refractivity contribution in [1.29, 1.82) is 0 Å². The molecule has 3 rings (SSSR count). The maximum atomic E-state index is 6.12. The van der Waals surface area contributed by atoms with Crippen molar-refractivity contribution in [3.8, 4) is 0 Å². The molecule has 0 radical (unpaired) electrons. The summed E-state index contributed by atoms with van der Waals surface area (Å²) in [4.78, 5) is 6.88. The molecule has 2 fully saturated rings. The van der Waals surface area contributed by atoms with Crippen LogP contribution < -0.4 is 5.73 Å². The first-order chi connectivity index (χ1) is 8.76. The first-order valence-electron chi connectivity index (χ1n) is 7.06. The van der Waals surface area contributed by atoms with E-state index in [4.69, 9.17) is 10.3 Å². The molecule has 1 aromatic heterocycles. The second kappa shape index (κ2) is 4.97. The number of aromatic nitrogens is 2. The van der Waals surface area contributed by atoms with E-state index in [1.165, 1.54) is 12.8 Å². The number of rotatable bonds is 4. The van der Waals surface area contributed by atoms with Gasteiger partial charge in [-0.1, -0.05) is 18.5 Å². The third-order valence-corrected chi connectivity index (χ3v) is 4.19. The van der Waals surface area contributed by atoms with E-state index in [0.717, 1.165) is 44.2 Å². The molecule has 2 unspecified atom stereocenters. The molecule has 1 aromatic rings. The minimum atomic E-state index is 0.357. The maximum Gasteiger partial charge on any atom is 0.240 e. The summed E-state index contributed by atoms with van der Waals surface area (Å²) in [5.41, 5.74) is 6.12. The summed E-state index contributed by atoms with van der Waals surface area (Å²) in [5, 5.41) is 4.06. The van der Waals surface area contributed by atoms with Crippen LogP contribution in [0.15, 0.2) is 4.52 Å². The SMILES string of the molecule is CCC1CN(Cc2nc(C3CC3)no2)CCC1N. The van der Waals surface area contributed by atoms with Crippen LogP contribution in [-0.2, 0) is 6.54 Å². The Morgan fingerprint density at radius 3 is 2.94 bits per heavy atom. The smallest absolute Gasteiger partial charge is 0.240 e. The van der Waals surface area contributed by atoms with Crippen molar-refractivity contribution in [1.82, 2.24) is 15.0 Å². The summed E-state index contributed by atoms with van der Waals surface area (Å²) in [6, 6.07) is 0.357. The summed E-state index contributed by atoms with van der Waals surface area (Å²) >= 11 is 0. The Kier molecular flexibility index (Phi) is 3.35. The van der Waals surface area contributed by atoms with Gasteiger partial charge >= 0.3 is 0 Å². The highest BCUT2D eigenvalue weighted by atomic mass is 16.5. The molecule has 1 aliphatic carbocycles. The van der Waals surface area contributed by atoms with Crippen molar-refractivity contribution in [2.45, 2.75) is 51.1 Å². The molecule has 2 heterocycles. The largest absolute Gasteiger partial charge is 0.338 e. The molecule has 0 spiro atoms. The lowest BCUT2D eigenvalue weighted by atomic mass is 9.91. The Bertz CT molecular complexity index is 401. The van der Waals surface area contributed by atoms with Gasteiger partial charge in [-0.05, 0) is 25.2 Å². The highest BCUT2D eigenvalue weighted by Gasteiger charge is 2.30. The fourth-order valence-electron chi connectivity index (χ4n) is 2.73. The molecule has 0 bridgehead atoms. The van der Waals surface area contributed by atoms with E-state index in [9.17, 15) is 0 Å². The van der Waals surface area contributed by atoms with Gasteiger partial charge < -0.3 is 10.3 Å². The van der Waals surface area contributed by atoms with Gasteiger partial charge in [0, 0.05) is 25.0 Å². The second-order valence-electron chi connectivity index (χ2n) is 5.68. The molecule has 2 atom stereocenters. The van der Waals surface area contributed by atoms with Gasteiger partial charge in [-0.25, -0.2) is 0 Å². The maximum absolute atomic E-state index is 6.12. The Labute approximate surface area is 108 Å². The minimum absolute atomic E-state index is 0.357. The van der Waals surface area contributed by atoms with E-state index >= 15 is 0 Å². The van der Waals surface area contributed by atoms with Crippen LogP contribution in [0.25, 0.3) is 0 Å². The van der Waals surface area contributed by atoms with Crippen LogP contribution in [0.1, 0.15) is 50.2 Å². The van der Waals surface area contributed by atoms with E-state index in [0.29, 0.717) is 17.9 Å². The molecule has 2 aliphatic rings. The second-order valence-corrected chi connectivity index (χ2v) is 5.68. The molecule has 2 N–H and O–H groups in total. The van der Waals surface area contributed by atoms with Gasteiger partial charge in [0.15, 0.2) is 5.82 Å². The summed E-state index contributed by atoms with van der Waals surface area (Å²) in [6.07, 6.45) is 4.65. The van der Waals surface area contributed by atoms with Crippen molar-refractivity contribution in [3.63, 3.8) is 0 Å². The van der Waals surface area contributed by atoms with Crippen molar-refractivity contribution in [2.24, 2.45) is 11.7 Å². The molecule has 5 nitrogen and oxygen atoms in total. The zero-order valence-corrected chi connectivity index (χ0v) is 11.0. The zero-order chi connectivity index (χ0) is 12.5. The molecular formula is C13H22N4O. The fraction of sp³-hybridized carbons (Fsp3) is 0.846. The monoisotopic (exact) mass is 250 g/mol. The van der Waals surface area contributed by atoms with E-state index in [1.54, 1.807) is 0 Å². The molecule has 1 saturated heterocycles. The molecule has 1 aliphatic heterocycles. The number of hydrogen-bond acceptors (Lipinski definition) is 5. The summed E-state index contributed by atoms with van der Waals surface area (Å²) in [7, 11) is 0. The van der Waals surface area contributed by atoms with Gasteiger partial charge in [0.05, 0.1) is 6.54 Å². The van der Waals surface area contributed by atoms with Crippen LogP contribution in [0.3, 0.4) is 0 Å². The third-order valence-electron chi connectivity index (χ3n) is 4.19. The number of nitrogens with zero attached hydrogens (tertiary/aromatic N) is 3. The van der Waals surface area contributed by atoms with Gasteiger partial charge in [-0.2, -0.15) is 4.98 Å². The van der Waals surface area contributed by atoms with E-state index in [-0.39, 0.29) is 0 Å². The fourth-order valence-corrected chi connectivity index (χ4v) is 2.73. The average molecular weight is 250 g/mol. The third kappa shape index (κ3) is 2.57. The van der Waals surface area contributed by atoms with Gasteiger partial charge in [0.25, 0.3) is 0 Å². The summed E-state index contributed by atoms with van der Waals surface area (Å²) in [6.45, 7) is 5.09. The minimum Gasteiger partial charge on any atom is -0.338 e. The van der Waals surface area contributed by atoms with Crippen LogP contribution in [0.2, 0.25) is 0 Å². The molecular weight excluding hydrogens is 228 g/mol. The first-order valence-corrected chi connectivity index (χ1v) is 7.06. The summed E-state index contributed by atoms with van der Waals surface area (Å²) in [5.74, 6) is 2.85. The highest BCUT2D eigenvalue weighted by Crippen LogP contribution is 2.38. The topological polar surface area (TPSA) is 68.2 Å². The lowest BCUT2D eigenvalue weighted by molar-refractivity contribution is 0.131. The molecule has 18 heavy (non-hydrogen) atoms. The lowest BCUT2D eigenvalue weighted by Gasteiger charge is -2.35. The quantitative estimate of drug-likeness (QED) is 0.877. The normalized spacial score (nSPS) is 29.7. The van der Waals surface area contributed by atoms with Gasteiger partial charge in [-0.3, -0.25) is 4.90 Å². The number of likely N-dealkylation sites (tertiary alicyclic amines) is 1. The Morgan fingerprint density at radius 1 is 1.39 bits per heavy atom. The van der Waals surface area contributed by atoms with E-state index in [2.05, 4.69) is 22.0 Å². The van der Waals surface area contributed by atoms with Crippen LogP contribution in [0.5, 0.6) is 0 Å². The van der Waals surface area contributed by atoms with Crippen molar-refractivity contribution < 1.29 is 4.52 Å². The van der Waals surface area contributed by atoms with Gasteiger partial charge in [0.2, 0.25) is 5.89 Å². The van der Waals surface area contributed by atoms with Crippen molar-refractivity contribution in [3.05, 3.63) is 11.7 Å². The van der Waals surface area contributed by atoms with Crippen LogP contribution in [-0.4, -0.2) is 34.2 Å². The number of nitrogens with two attached hydrogens (primary N) is 1. The molecule has 100 valence electrons. The Balaban J connectivity index is 1.58. The zero-order valence-electron chi connectivity index (χ0n) is 11.0. The van der Waals surface area contributed by atoms with E-state index < -0.39 is 0 Å². The number of piperidine rings is 1. The molecule has 0 aromatic carbocycles. The van der Waals surface area contributed by atoms with Crippen LogP contribution >= 0.6 is 0 Å². The Morgan fingerprint density at radius 2 is 2.22 bits per heavy atom. The van der Waals surface area contributed by atoms with Crippen LogP contribution in [0.4, 0.5) is 0 Å². The molecule has 1 saturated carbocycles.